The number of fused-ring (bicyclic) bond motifs is 6. The third kappa shape index (κ3) is 12.2. The van der Waals surface area contributed by atoms with Gasteiger partial charge in [-0.3, -0.25) is 0 Å². The molecule has 0 atom stereocenters. The Balaban J connectivity index is 0.000000135. The maximum atomic E-state index is 7.97. The van der Waals surface area contributed by atoms with Crippen LogP contribution in [0.4, 0.5) is 0 Å². The quantitative estimate of drug-likeness (QED) is 0.156. The van der Waals surface area contributed by atoms with Crippen molar-refractivity contribution in [3.8, 4) is 67.3 Å². The molecule has 0 unspecified atom stereocenters. The van der Waals surface area contributed by atoms with Crippen LogP contribution in [0.2, 0.25) is 0 Å². The van der Waals surface area contributed by atoms with E-state index < -0.39 is 27.4 Å². The van der Waals surface area contributed by atoms with Crippen LogP contribution in [0.3, 0.4) is 0 Å². The molecule has 6 heterocycles. The van der Waals surface area contributed by atoms with Crippen LogP contribution in [-0.4, -0.2) is 0 Å². The first kappa shape index (κ1) is 46.2. The number of aromatic nitrogens is 4. The Kier molecular flexibility index (Phi) is 13.4. The maximum absolute atomic E-state index is 7.97. The summed E-state index contributed by atoms with van der Waals surface area (Å²) in [6, 6.07) is 67.0. The van der Waals surface area contributed by atoms with Crippen molar-refractivity contribution in [2.75, 3.05) is 0 Å². The van der Waals surface area contributed by atoms with Crippen molar-refractivity contribution in [2.45, 2.75) is 68.9 Å². The molecule has 0 bridgehead atoms. The zero-order valence-corrected chi connectivity index (χ0v) is 51.5. The molecule has 0 aliphatic carbocycles. The molecule has 0 spiro atoms. The van der Waals surface area contributed by atoms with Gasteiger partial charge in [-0.15, -0.1) is 0 Å². The zero-order valence-electron chi connectivity index (χ0n) is 63.5. The van der Waals surface area contributed by atoms with Gasteiger partial charge in [0.1, 0.15) is 50.5 Å². The largest absolute Gasteiger partial charge is 0.455 e. The number of rotatable bonds is 6. The molecule has 0 radical (unpaired) electrons. The fourth-order valence-electron chi connectivity index (χ4n) is 11.8. The van der Waals surface area contributed by atoms with E-state index in [-0.39, 0.29) is 5.56 Å². The summed E-state index contributed by atoms with van der Waals surface area (Å²) < 4.78 is 114. The van der Waals surface area contributed by atoms with Crippen LogP contribution in [0.1, 0.15) is 72.1 Å². The zero-order chi connectivity index (χ0) is 71.9. The highest BCUT2D eigenvalue weighted by atomic mass is 16.3. The molecule has 0 aliphatic heterocycles. The summed E-state index contributed by atoms with van der Waals surface area (Å²) in [4.78, 5) is 0. The van der Waals surface area contributed by atoms with Gasteiger partial charge in [-0.2, -0.15) is 0 Å². The minimum Gasteiger partial charge on any atom is -0.455 e. The fourth-order valence-corrected chi connectivity index (χ4v) is 11.8. The fraction of sp³-hybridized carbons (Fsp3) is 0.171. The molecule has 0 amide bonds. The highest BCUT2D eigenvalue weighted by Crippen LogP contribution is 2.39. The highest BCUT2D eigenvalue weighted by Gasteiger charge is 2.23. The molecule has 6 nitrogen and oxygen atoms in total. The average Bonchev–Trinajstić information content (AvgIpc) is 1.45. The summed E-state index contributed by atoms with van der Waals surface area (Å²) in [5.41, 5.74) is 22.1. The van der Waals surface area contributed by atoms with E-state index in [0.29, 0.717) is 33.4 Å². The van der Waals surface area contributed by atoms with Crippen LogP contribution in [0, 0.1) is 68.9 Å². The Morgan fingerprint density at radius 3 is 1.26 bits per heavy atom. The lowest BCUT2D eigenvalue weighted by molar-refractivity contribution is -0.660. The first-order valence-corrected chi connectivity index (χ1v) is 29.4. The van der Waals surface area contributed by atoms with Gasteiger partial charge in [0.05, 0.1) is 11.1 Å². The molecule has 6 aromatic heterocycles. The molecular formula is C82H80N4O2+4. The first-order chi connectivity index (χ1) is 47.3. The Morgan fingerprint density at radius 1 is 0.295 bits per heavy atom. The third-order valence-corrected chi connectivity index (χ3v) is 16.4. The van der Waals surface area contributed by atoms with Crippen molar-refractivity contribution in [3.63, 3.8) is 0 Å². The molecule has 0 fully saturated rings. The van der Waals surface area contributed by atoms with Gasteiger partial charge in [-0.1, -0.05) is 133 Å². The summed E-state index contributed by atoms with van der Waals surface area (Å²) in [5.74, 6) is 0. The predicted octanol–water partition coefficient (Wildman–Crippen LogP) is 18.9. The van der Waals surface area contributed by atoms with Crippen LogP contribution in [0.5, 0.6) is 0 Å². The second kappa shape index (κ2) is 25.5. The third-order valence-electron chi connectivity index (χ3n) is 16.4. The van der Waals surface area contributed by atoms with Crippen molar-refractivity contribution in [1.82, 2.24) is 0 Å². The van der Waals surface area contributed by atoms with Crippen molar-refractivity contribution in [3.05, 3.63) is 287 Å². The Morgan fingerprint density at radius 2 is 0.750 bits per heavy atom. The summed E-state index contributed by atoms with van der Waals surface area (Å²) in [6.45, 7) is 3.09. The molecule has 0 saturated heterocycles. The highest BCUT2D eigenvalue weighted by molar-refractivity contribution is 6.10. The van der Waals surface area contributed by atoms with Gasteiger partial charge in [-0.25, -0.2) is 18.3 Å². The van der Waals surface area contributed by atoms with Crippen LogP contribution in [0.25, 0.3) is 111 Å². The average molecular weight is 1170 g/mol. The Bertz CT molecular complexity index is 5380. The van der Waals surface area contributed by atoms with Gasteiger partial charge in [0.2, 0.25) is 22.8 Å². The van der Waals surface area contributed by atoms with Crippen LogP contribution in [0.15, 0.2) is 240 Å². The number of para-hydroxylation sites is 2. The smallest absolute Gasteiger partial charge is 0.216 e. The van der Waals surface area contributed by atoms with E-state index in [1.54, 1.807) is 59.8 Å². The van der Waals surface area contributed by atoms with Crippen LogP contribution in [-0.2, 0) is 28.2 Å². The van der Waals surface area contributed by atoms with Crippen molar-refractivity contribution in [1.29, 1.82) is 0 Å². The van der Waals surface area contributed by atoms with E-state index in [4.69, 9.17) is 25.3 Å². The number of nitrogens with zero attached hydrogens (tertiary/aromatic N) is 4. The van der Waals surface area contributed by atoms with E-state index >= 15 is 0 Å². The van der Waals surface area contributed by atoms with Gasteiger partial charge in [0, 0.05) is 96.1 Å². The Hall–Kier alpha value is -10.0. The van der Waals surface area contributed by atoms with Crippen molar-refractivity contribution < 1.29 is 43.6 Å². The Labute approximate surface area is 536 Å². The normalized spacial score (nSPS) is 13.7. The van der Waals surface area contributed by atoms with E-state index in [0.717, 1.165) is 67.1 Å². The van der Waals surface area contributed by atoms with E-state index in [2.05, 4.69) is 129 Å². The molecule has 436 valence electrons. The summed E-state index contributed by atoms with van der Waals surface area (Å²) in [6.07, 6.45) is 7.45. The monoisotopic (exact) mass is 1160 g/mol. The van der Waals surface area contributed by atoms with Gasteiger partial charge in [-0.05, 0) is 173 Å². The lowest BCUT2D eigenvalue weighted by Gasteiger charge is -2.12. The first-order valence-electron chi connectivity index (χ1n) is 35.4. The standard InChI is InChI=1S/C22H24N.C21H22N.C20H18NO.C19H16NO/c1-15-12-22(23(5)14-18(15)4)21-13-20(16(2)11-17(21)3)19-9-7-6-8-10-19;1-15-10-11-21(22(4)14-15)20-13-19(16(2)12-17(20)3)18-8-6-5-7-9-18;1-13-8-11-17(21(3)12-13)19-14(2)9-10-16-15-6-4-5-7-18(15)22-20(16)19;1-13-10-11-15-14-7-3-4-9-17(14)21-19(15)18(13)16-8-5-6-12-20(16)2/h6-14H,1-5H3;5-14H,1-4H3;4-12H,1-3H3;3-12H,1-2H3/q4*+1/i2D3,4D3;1D3,2D3;;. The molecule has 8 aromatic carbocycles. The molecule has 88 heavy (non-hydrogen) atoms. The molecule has 0 N–H and O–H groups in total. The number of aryl methyl sites for hydroxylation is 14. The summed E-state index contributed by atoms with van der Waals surface area (Å²) >= 11 is 0. The number of pyridine rings is 4. The number of benzene rings is 8. The number of hydrogen-bond donors (Lipinski definition) is 0. The number of furan rings is 2. The minimum absolute atomic E-state index is 0.263. The molecule has 0 aliphatic rings. The molecule has 0 saturated carbocycles. The number of hydrogen-bond acceptors (Lipinski definition) is 2. The SMILES string of the molecule is Cc1ccc(-c2c(C)ccc3c2oc2ccccc23)[n+](C)c1.Cc1ccc2c(oc3ccccc32)c1-c1cccc[n+]1C.[2H]C([2H])([2H])c1c[n+](C)c(-c2cc(-c3ccccc3)c(C([2H])([2H])[2H])cc2C)cc1C.[2H]C([2H])([2H])c1ccc(-c2cc(-c3ccccc3)c(C([2H])([2H])[2H])cc2C)[n+](C)c1. The van der Waals surface area contributed by atoms with Gasteiger partial charge in [0.15, 0.2) is 24.8 Å². The van der Waals surface area contributed by atoms with Gasteiger partial charge >= 0.3 is 0 Å². The molecular weight excluding hydrogens is 1070 g/mol. The predicted molar refractivity (Wildman–Crippen MR) is 365 cm³/mol. The summed E-state index contributed by atoms with van der Waals surface area (Å²) in [7, 11) is 7.76. The van der Waals surface area contributed by atoms with Crippen LogP contribution >= 0.6 is 0 Å². The lowest BCUT2D eigenvalue weighted by atomic mass is 9.93. The van der Waals surface area contributed by atoms with Crippen LogP contribution < -0.4 is 18.3 Å². The summed E-state index contributed by atoms with van der Waals surface area (Å²) in [5, 5.41) is 4.70. The van der Waals surface area contributed by atoms with Crippen molar-refractivity contribution in [2.24, 2.45) is 28.2 Å². The van der Waals surface area contributed by atoms with E-state index in [9.17, 15) is 0 Å². The minimum atomic E-state index is -2.24. The topological polar surface area (TPSA) is 41.8 Å². The van der Waals surface area contributed by atoms with E-state index in [1.165, 1.54) is 60.8 Å². The molecule has 6 heteroatoms. The maximum Gasteiger partial charge on any atom is 0.216 e. The van der Waals surface area contributed by atoms with Gasteiger partial charge in [0.25, 0.3) is 0 Å². The molecule has 14 rings (SSSR count). The second-order valence-electron chi connectivity index (χ2n) is 22.8. The van der Waals surface area contributed by atoms with Gasteiger partial charge < -0.3 is 8.83 Å². The second-order valence-corrected chi connectivity index (χ2v) is 22.8. The molecule has 14 aromatic rings. The van der Waals surface area contributed by atoms with Crippen molar-refractivity contribution >= 4 is 43.9 Å². The van der Waals surface area contributed by atoms with E-state index in [1.807, 2.05) is 130 Å². The lowest BCUT2D eigenvalue weighted by Crippen LogP contribution is -2.31.